The van der Waals surface area contributed by atoms with Crippen molar-refractivity contribution in [3.63, 3.8) is 0 Å². The lowest BCUT2D eigenvalue weighted by molar-refractivity contribution is 0.267. The molecule has 0 atom stereocenters. The zero-order valence-electron chi connectivity index (χ0n) is 15.0. The Morgan fingerprint density at radius 3 is 2.30 bits per heavy atom. The smallest absolute Gasteiger partial charge is 0.166 e. The summed E-state index contributed by atoms with van der Waals surface area (Å²) in [6.07, 6.45) is 0. The number of nitrogens with one attached hydrogen (secondary N) is 1. The van der Waals surface area contributed by atoms with Gasteiger partial charge in [0.05, 0.1) is 6.61 Å². The maximum absolute atomic E-state index is 6.13. The lowest BCUT2D eigenvalue weighted by Crippen LogP contribution is -2.06. The lowest BCUT2D eigenvalue weighted by atomic mass is 10.1. The summed E-state index contributed by atoms with van der Waals surface area (Å²) in [5.74, 6) is 1.47. The number of benzene rings is 3. The minimum Gasteiger partial charge on any atom is -0.490 e. The summed E-state index contributed by atoms with van der Waals surface area (Å²) >= 11 is 12.2. The van der Waals surface area contributed by atoms with E-state index in [9.17, 15) is 0 Å². The molecule has 3 aromatic carbocycles. The molecule has 0 aliphatic rings. The summed E-state index contributed by atoms with van der Waals surface area (Å²) in [4.78, 5) is 0. The van der Waals surface area contributed by atoms with Gasteiger partial charge in [0.1, 0.15) is 6.61 Å². The molecule has 3 nitrogen and oxygen atoms in total. The van der Waals surface area contributed by atoms with Gasteiger partial charge in [-0.3, -0.25) is 0 Å². The van der Waals surface area contributed by atoms with Crippen molar-refractivity contribution >= 4 is 28.9 Å². The summed E-state index contributed by atoms with van der Waals surface area (Å²) in [6.45, 7) is 3.56. The van der Waals surface area contributed by atoms with E-state index in [1.165, 1.54) is 0 Å². The maximum atomic E-state index is 6.13. The molecular formula is C22H21Cl2NO2. The molecule has 0 saturated heterocycles. The fourth-order valence-electron chi connectivity index (χ4n) is 2.72. The Kier molecular flexibility index (Phi) is 6.86. The first-order chi connectivity index (χ1) is 13.2. The summed E-state index contributed by atoms with van der Waals surface area (Å²) in [5, 5.41) is 4.53. The SMILES string of the molecule is CCOc1cccc(CNc2cc(Cl)cc(Cl)c2)c1OCc1ccccc1. The first kappa shape index (κ1) is 19.4. The minimum atomic E-state index is 0.473. The second kappa shape index (κ2) is 9.54. The van der Waals surface area contributed by atoms with Crippen LogP contribution in [0.5, 0.6) is 11.5 Å². The molecule has 0 aromatic heterocycles. The van der Waals surface area contributed by atoms with Gasteiger partial charge in [0.15, 0.2) is 11.5 Å². The Labute approximate surface area is 169 Å². The van der Waals surface area contributed by atoms with Gasteiger partial charge in [-0.15, -0.1) is 0 Å². The number of anilines is 1. The molecule has 0 spiro atoms. The van der Waals surface area contributed by atoms with Gasteiger partial charge in [-0.1, -0.05) is 65.7 Å². The molecule has 0 unspecified atom stereocenters. The molecule has 140 valence electrons. The molecule has 0 aliphatic carbocycles. The van der Waals surface area contributed by atoms with E-state index in [0.29, 0.717) is 29.8 Å². The van der Waals surface area contributed by atoms with Crippen molar-refractivity contribution in [3.8, 4) is 11.5 Å². The average molecular weight is 402 g/mol. The monoisotopic (exact) mass is 401 g/mol. The summed E-state index contributed by atoms with van der Waals surface area (Å²) in [5.41, 5.74) is 2.95. The molecule has 27 heavy (non-hydrogen) atoms. The second-order valence-electron chi connectivity index (χ2n) is 5.96. The van der Waals surface area contributed by atoms with Gasteiger partial charge in [-0.25, -0.2) is 0 Å². The second-order valence-corrected chi connectivity index (χ2v) is 6.84. The van der Waals surface area contributed by atoms with Crippen LogP contribution in [0.3, 0.4) is 0 Å². The Morgan fingerprint density at radius 1 is 0.852 bits per heavy atom. The number of hydrogen-bond donors (Lipinski definition) is 1. The van der Waals surface area contributed by atoms with Crippen molar-refractivity contribution < 1.29 is 9.47 Å². The molecule has 0 saturated carbocycles. The molecule has 5 heteroatoms. The average Bonchev–Trinajstić information content (AvgIpc) is 2.66. The van der Waals surface area contributed by atoms with Gasteiger partial charge in [0, 0.05) is 27.8 Å². The molecule has 3 aromatic rings. The Bertz CT molecular complexity index is 864. The van der Waals surface area contributed by atoms with Gasteiger partial charge in [-0.2, -0.15) is 0 Å². The van der Waals surface area contributed by atoms with E-state index in [1.54, 1.807) is 6.07 Å². The van der Waals surface area contributed by atoms with Crippen molar-refractivity contribution in [3.05, 3.63) is 87.9 Å². The molecule has 0 radical (unpaired) electrons. The third-order valence-corrected chi connectivity index (χ3v) is 4.37. The van der Waals surface area contributed by atoms with E-state index < -0.39 is 0 Å². The molecule has 3 rings (SSSR count). The Hall–Kier alpha value is -2.36. The van der Waals surface area contributed by atoms with Crippen LogP contribution >= 0.6 is 23.2 Å². The van der Waals surface area contributed by atoms with Crippen LogP contribution in [0.2, 0.25) is 10.0 Å². The molecule has 0 amide bonds. The topological polar surface area (TPSA) is 30.5 Å². The van der Waals surface area contributed by atoms with Crippen molar-refractivity contribution in [1.29, 1.82) is 0 Å². The molecule has 0 heterocycles. The Balaban J connectivity index is 1.79. The van der Waals surface area contributed by atoms with Crippen molar-refractivity contribution in [2.75, 3.05) is 11.9 Å². The number of rotatable bonds is 8. The van der Waals surface area contributed by atoms with E-state index in [-0.39, 0.29) is 0 Å². The zero-order valence-corrected chi connectivity index (χ0v) is 16.6. The fraction of sp³-hybridized carbons (Fsp3) is 0.182. The molecular weight excluding hydrogens is 381 g/mol. The number of halogens is 2. The van der Waals surface area contributed by atoms with Crippen molar-refractivity contribution in [2.45, 2.75) is 20.1 Å². The van der Waals surface area contributed by atoms with Gasteiger partial charge in [0.2, 0.25) is 0 Å². The van der Waals surface area contributed by atoms with Gasteiger partial charge < -0.3 is 14.8 Å². The van der Waals surface area contributed by atoms with E-state index in [0.717, 1.165) is 28.3 Å². The van der Waals surface area contributed by atoms with E-state index in [4.69, 9.17) is 32.7 Å². The van der Waals surface area contributed by atoms with E-state index in [2.05, 4.69) is 5.32 Å². The van der Waals surface area contributed by atoms with Crippen LogP contribution in [0.15, 0.2) is 66.7 Å². The van der Waals surface area contributed by atoms with E-state index >= 15 is 0 Å². The number of hydrogen-bond acceptors (Lipinski definition) is 3. The predicted octanol–water partition coefficient (Wildman–Crippen LogP) is 6.58. The van der Waals surface area contributed by atoms with Crippen LogP contribution < -0.4 is 14.8 Å². The predicted molar refractivity (Wildman–Crippen MR) is 112 cm³/mol. The lowest BCUT2D eigenvalue weighted by Gasteiger charge is -2.17. The van der Waals surface area contributed by atoms with Crippen LogP contribution in [0.25, 0.3) is 0 Å². The first-order valence-corrected chi connectivity index (χ1v) is 9.52. The zero-order chi connectivity index (χ0) is 19.1. The van der Waals surface area contributed by atoms with Crippen LogP contribution in [0.1, 0.15) is 18.1 Å². The quantitative estimate of drug-likeness (QED) is 0.462. The third-order valence-electron chi connectivity index (χ3n) is 3.93. The first-order valence-electron chi connectivity index (χ1n) is 8.77. The highest BCUT2D eigenvalue weighted by Crippen LogP contribution is 2.33. The van der Waals surface area contributed by atoms with Crippen LogP contribution in [0.4, 0.5) is 5.69 Å². The third kappa shape index (κ3) is 5.56. The van der Waals surface area contributed by atoms with Crippen LogP contribution in [-0.2, 0) is 13.2 Å². The highest BCUT2D eigenvalue weighted by Gasteiger charge is 2.12. The van der Waals surface area contributed by atoms with Crippen molar-refractivity contribution in [1.82, 2.24) is 0 Å². The normalized spacial score (nSPS) is 10.5. The number of ether oxygens (including phenoxy) is 2. The largest absolute Gasteiger partial charge is 0.490 e. The van der Waals surface area contributed by atoms with Crippen molar-refractivity contribution in [2.24, 2.45) is 0 Å². The maximum Gasteiger partial charge on any atom is 0.166 e. The standard InChI is InChI=1S/C22H21Cl2NO2/c1-2-26-21-10-6-9-17(14-25-20-12-18(23)11-19(24)13-20)22(21)27-15-16-7-4-3-5-8-16/h3-13,25H,2,14-15H2,1H3. The highest BCUT2D eigenvalue weighted by atomic mass is 35.5. The van der Waals surface area contributed by atoms with Gasteiger partial charge >= 0.3 is 0 Å². The highest BCUT2D eigenvalue weighted by molar-refractivity contribution is 6.35. The van der Waals surface area contributed by atoms with Gasteiger partial charge in [0.25, 0.3) is 0 Å². The van der Waals surface area contributed by atoms with Crippen LogP contribution in [0, 0.1) is 0 Å². The molecule has 0 aliphatic heterocycles. The van der Waals surface area contributed by atoms with Crippen LogP contribution in [-0.4, -0.2) is 6.61 Å². The van der Waals surface area contributed by atoms with E-state index in [1.807, 2.05) is 67.6 Å². The summed E-state index contributed by atoms with van der Waals surface area (Å²) in [6, 6.07) is 21.3. The molecule has 1 N–H and O–H groups in total. The summed E-state index contributed by atoms with van der Waals surface area (Å²) in [7, 11) is 0. The Morgan fingerprint density at radius 2 is 1.59 bits per heavy atom. The summed E-state index contributed by atoms with van der Waals surface area (Å²) < 4.78 is 11.9. The minimum absolute atomic E-state index is 0.473. The fourth-order valence-corrected chi connectivity index (χ4v) is 3.24. The molecule has 0 bridgehead atoms. The molecule has 0 fully saturated rings. The number of para-hydroxylation sites is 1. The van der Waals surface area contributed by atoms with Gasteiger partial charge in [-0.05, 0) is 36.8 Å².